The maximum atomic E-state index is 4.30. The van der Waals surface area contributed by atoms with Crippen LogP contribution in [0.3, 0.4) is 0 Å². The lowest BCUT2D eigenvalue weighted by Crippen LogP contribution is -2.43. The molecule has 3 N–H and O–H groups in total. The number of likely N-dealkylation sites (tertiary alicyclic amines) is 1. The monoisotopic (exact) mass is 487 g/mol. The molecule has 0 spiro atoms. The van der Waals surface area contributed by atoms with Crippen LogP contribution in [0, 0.1) is 0 Å². The molecule has 0 aliphatic carbocycles. The van der Waals surface area contributed by atoms with Crippen molar-refractivity contribution in [1.29, 1.82) is 0 Å². The highest BCUT2D eigenvalue weighted by molar-refractivity contribution is 14.0. The fraction of sp³-hybridized carbons (Fsp3) is 0.647. The third-order valence-corrected chi connectivity index (χ3v) is 4.63. The van der Waals surface area contributed by atoms with Gasteiger partial charge in [-0.05, 0) is 25.9 Å². The first-order valence-corrected chi connectivity index (χ1v) is 9.31. The standard InChI is InChI=1S/C17H29N9.HI/c1-18-17(21-8-11-26-9-4-3-5-10-26)20-7-6-19-15-14-12-24-25(2)16(14)23-13-22-15;/h12-13H,3-11H2,1-2H3,(H2,18,20,21)(H,19,22,23);1H. The van der Waals surface area contributed by atoms with E-state index < -0.39 is 0 Å². The molecule has 9 nitrogen and oxygen atoms in total. The van der Waals surface area contributed by atoms with Crippen LogP contribution in [-0.4, -0.2) is 76.9 Å². The number of nitrogens with one attached hydrogen (secondary N) is 3. The molecular formula is C17H30IN9. The molecule has 1 aliphatic rings. The van der Waals surface area contributed by atoms with Gasteiger partial charge in [-0.15, -0.1) is 24.0 Å². The summed E-state index contributed by atoms with van der Waals surface area (Å²) in [5.41, 5.74) is 0.825. The molecule has 3 rings (SSSR count). The number of guanidine groups is 1. The maximum absolute atomic E-state index is 4.30. The zero-order valence-corrected chi connectivity index (χ0v) is 18.4. The number of aryl methyl sites for hydroxylation is 1. The Morgan fingerprint density at radius 3 is 2.67 bits per heavy atom. The molecule has 0 bridgehead atoms. The van der Waals surface area contributed by atoms with Gasteiger partial charge in [0.05, 0.1) is 11.6 Å². The van der Waals surface area contributed by atoms with Crippen LogP contribution >= 0.6 is 24.0 Å². The van der Waals surface area contributed by atoms with Gasteiger partial charge in [0.25, 0.3) is 0 Å². The Hall–Kier alpha value is -1.69. The zero-order valence-electron chi connectivity index (χ0n) is 16.1. The SMILES string of the molecule is CN=C(NCCNc1ncnc2c1cnn2C)NCCN1CCCCC1.I. The molecule has 0 aromatic carbocycles. The van der Waals surface area contributed by atoms with Gasteiger partial charge in [-0.3, -0.25) is 9.67 Å². The summed E-state index contributed by atoms with van der Waals surface area (Å²) < 4.78 is 1.74. The molecule has 0 radical (unpaired) electrons. The van der Waals surface area contributed by atoms with E-state index in [0.29, 0.717) is 0 Å². The number of rotatable bonds is 7. The van der Waals surface area contributed by atoms with E-state index in [4.69, 9.17) is 0 Å². The smallest absolute Gasteiger partial charge is 0.191 e. The molecule has 10 heteroatoms. The number of aromatic nitrogens is 4. The molecule has 1 aliphatic heterocycles. The molecule has 0 saturated carbocycles. The zero-order chi connectivity index (χ0) is 18.2. The van der Waals surface area contributed by atoms with E-state index >= 15 is 0 Å². The van der Waals surface area contributed by atoms with Crippen molar-refractivity contribution in [2.45, 2.75) is 19.3 Å². The van der Waals surface area contributed by atoms with Gasteiger partial charge in [-0.2, -0.15) is 5.10 Å². The van der Waals surface area contributed by atoms with Gasteiger partial charge in [0.1, 0.15) is 12.1 Å². The summed E-state index contributed by atoms with van der Waals surface area (Å²) >= 11 is 0. The second-order valence-electron chi connectivity index (χ2n) is 6.48. The molecule has 0 amide bonds. The first kappa shape index (κ1) is 21.6. The van der Waals surface area contributed by atoms with E-state index in [1.54, 1.807) is 24.3 Å². The van der Waals surface area contributed by atoms with Crippen LogP contribution in [0.5, 0.6) is 0 Å². The van der Waals surface area contributed by atoms with Gasteiger partial charge in [0, 0.05) is 40.3 Å². The second-order valence-corrected chi connectivity index (χ2v) is 6.48. The van der Waals surface area contributed by atoms with E-state index in [1.165, 1.54) is 32.4 Å². The summed E-state index contributed by atoms with van der Waals surface area (Å²) in [6.07, 6.45) is 7.36. The highest BCUT2D eigenvalue weighted by Crippen LogP contribution is 2.17. The highest BCUT2D eigenvalue weighted by atomic mass is 127. The lowest BCUT2D eigenvalue weighted by molar-refractivity contribution is 0.232. The Bertz CT molecular complexity index is 724. The summed E-state index contributed by atoms with van der Waals surface area (Å²) in [7, 11) is 3.67. The third-order valence-electron chi connectivity index (χ3n) is 4.63. The van der Waals surface area contributed by atoms with Crippen LogP contribution in [0.1, 0.15) is 19.3 Å². The summed E-state index contributed by atoms with van der Waals surface area (Å²) in [5.74, 6) is 1.64. The number of nitrogens with zero attached hydrogens (tertiary/aromatic N) is 6. The van der Waals surface area contributed by atoms with Crippen LogP contribution in [-0.2, 0) is 7.05 Å². The number of anilines is 1. The number of piperidine rings is 1. The lowest BCUT2D eigenvalue weighted by Gasteiger charge is -2.26. The Morgan fingerprint density at radius 2 is 1.89 bits per heavy atom. The Morgan fingerprint density at radius 1 is 1.11 bits per heavy atom. The van der Waals surface area contributed by atoms with Crippen LogP contribution in [0.15, 0.2) is 17.5 Å². The van der Waals surface area contributed by atoms with Crippen molar-refractivity contribution in [3.63, 3.8) is 0 Å². The number of hydrogen-bond donors (Lipinski definition) is 3. The first-order chi connectivity index (χ1) is 12.8. The molecule has 2 aromatic rings. The number of fused-ring (bicyclic) bond motifs is 1. The van der Waals surface area contributed by atoms with Gasteiger partial charge in [0.2, 0.25) is 0 Å². The Labute approximate surface area is 177 Å². The van der Waals surface area contributed by atoms with E-state index in [2.05, 4.69) is 40.9 Å². The van der Waals surface area contributed by atoms with Gasteiger partial charge in [0.15, 0.2) is 11.6 Å². The maximum Gasteiger partial charge on any atom is 0.191 e. The van der Waals surface area contributed by atoms with Crippen LogP contribution in [0.25, 0.3) is 11.0 Å². The van der Waals surface area contributed by atoms with Crippen LogP contribution in [0.4, 0.5) is 5.82 Å². The summed E-state index contributed by atoms with van der Waals surface area (Å²) in [5, 5.41) is 15.2. The van der Waals surface area contributed by atoms with E-state index in [0.717, 1.165) is 49.0 Å². The molecule has 150 valence electrons. The molecule has 1 saturated heterocycles. The summed E-state index contributed by atoms with van der Waals surface area (Å²) in [6.45, 7) is 5.90. The van der Waals surface area contributed by atoms with Crippen molar-refractivity contribution < 1.29 is 0 Å². The molecule has 0 atom stereocenters. The highest BCUT2D eigenvalue weighted by Gasteiger charge is 2.09. The second kappa shape index (κ2) is 11.2. The molecule has 2 aromatic heterocycles. The minimum absolute atomic E-state index is 0. The van der Waals surface area contributed by atoms with Crippen LogP contribution < -0.4 is 16.0 Å². The van der Waals surface area contributed by atoms with Crippen LogP contribution in [0.2, 0.25) is 0 Å². The topological polar surface area (TPSA) is 95.3 Å². The normalized spacial score (nSPS) is 15.4. The van der Waals surface area contributed by atoms with Gasteiger partial charge < -0.3 is 20.9 Å². The van der Waals surface area contributed by atoms with E-state index in [-0.39, 0.29) is 24.0 Å². The molecule has 3 heterocycles. The van der Waals surface area contributed by atoms with Crippen molar-refractivity contribution in [3.8, 4) is 0 Å². The predicted octanol–water partition coefficient (Wildman–Crippen LogP) is 1.04. The van der Waals surface area contributed by atoms with Gasteiger partial charge >= 0.3 is 0 Å². The fourth-order valence-corrected chi connectivity index (χ4v) is 3.20. The molecule has 1 fully saturated rings. The summed E-state index contributed by atoms with van der Waals surface area (Å²) in [4.78, 5) is 15.3. The Kier molecular flexibility index (Phi) is 8.98. The van der Waals surface area contributed by atoms with Crippen molar-refractivity contribution in [3.05, 3.63) is 12.5 Å². The predicted molar refractivity (Wildman–Crippen MR) is 120 cm³/mol. The van der Waals surface area contributed by atoms with E-state index in [1.807, 2.05) is 7.05 Å². The number of hydrogen-bond acceptors (Lipinski definition) is 6. The van der Waals surface area contributed by atoms with Crippen molar-refractivity contribution in [1.82, 2.24) is 35.3 Å². The van der Waals surface area contributed by atoms with Crippen molar-refractivity contribution in [2.75, 3.05) is 51.6 Å². The first-order valence-electron chi connectivity index (χ1n) is 9.31. The largest absolute Gasteiger partial charge is 0.368 e. The van der Waals surface area contributed by atoms with Crippen molar-refractivity contribution >= 4 is 46.8 Å². The average molecular weight is 487 g/mol. The molecule has 0 unspecified atom stereocenters. The number of halogens is 1. The summed E-state index contributed by atoms with van der Waals surface area (Å²) in [6, 6.07) is 0. The minimum atomic E-state index is 0. The molecular weight excluding hydrogens is 457 g/mol. The third kappa shape index (κ3) is 6.16. The van der Waals surface area contributed by atoms with Gasteiger partial charge in [-0.25, -0.2) is 9.97 Å². The fourth-order valence-electron chi connectivity index (χ4n) is 3.20. The lowest BCUT2D eigenvalue weighted by atomic mass is 10.1. The Balaban J connectivity index is 0.00000261. The van der Waals surface area contributed by atoms with E-state index in [9.17, 15) is 0 Å². The number of aliphatic imine (C=N–C) groups is 1. The van der Waals surface area contributed by atoms with Gasteiger partial charge in [-0.1, -0.05) is 6.42 Å². The quantitative estimate of drug-likeness (QED) is 0.233. The molecule has 27 heavy (non-hydrogen) atoms. The minimum Gasteiger partial charge on any atom is -0.368 e. The average Bonchev–Trinajstić information content (AvgIpc) is 3.06. The van der Waals surface area contributed by atoms with Crippen molar-refractivity contribution in [2.24, 2.45) is 12.0 Å².